The van der Waals surface area contributed by atoms with Crippen molar-refractivity contribution in [2.75, 3.05) is 26.2 Å². The molecule has 25 heavy (non-hydrogen) atoms. The van der Waals surface area contributed by atoms with Gasteiger partial charge in [-0.25, -0.2) is 0 Å². The van der Waals surface area contributed by atoms with Gasteiger partial charge < -0.3 is 4.90 Å². The summed E-state index contributed by atoms with van der Waals surface area (Å²) in [6.45, 7) is 5.32. The number of nitrogens with one attached hydrogen (secondary N) is 1. The van der Waals surface area contributed by atoms with Crippen LogP contribution in [0.5, 0.6) is 0 Å². The Bertz CT molecular complexity index is 847. The highest BCUT2D eigenvalue weighted by Gasteiger charge is 2.19. The monoisotopic (exact) mass is 331 g/mol. The van der Waals surface area contributed by atoms with Gasteiger partial charge in [-0.2, -0.15) is 5.10 Å². The fourth-order valence-electron chi connectivity index (χ4n) is 3.42. The zero-order chi connectivity index (χ0) is 16.9. The molecule has 1 fully saturated rings. The van der Waals surface area contributed by atoms with Crippen molar-refractivity contribution in [1.82, 2.24) is 9.99 Å². The van der Waals surface area contributed by atoms with E-state index in [2.05, 4.69) is 57.6 Å². The average molecular weight is 331 g/mol. The molecule has 0 atom stereocenters. The molecule has 4 nitrogen and oxygen atoms in total. The Morgan fingerprint density at radius 3 is 2.68 bits per heavy atom. The molecule has 1 aliphatic heterocycles. The van der Waals surface area contributed by atoms with E-state index in [1.807, 2.05) is 24.5 Å². The van der Waals surface area contributed by atoms with Crippen molar-refractivity contribution >= 4 is 17.0 Å². The van der Waals surface area contributed by atoms with Crippen molar-refractivity contribution < 1.29 is 4.90 Å². The van der Waals surface area contributed by atoms with Gasteiger partial charge in [-0.15, -0.1) is 0 Å². The quantitative estimate of drug-likeness (QED) is 0.742. The van der Waals surface area contributed by atoms with Crippen LogP contribution in [0.3, 0.4) is 0 Å². The fraction of sp³-hybridized carbons (Fsp3) is 0.238. The Labute approximate surface area is 148 Å². The van der Waals surface area contributed by atoms with Gasteiger partial charge in [0.05, 0.1) is 32.4 Å². The number of aromatic nitrogens is 1. The average Bonchev–Trinajstić information content (AvgIpc) is 2.69. The van der Waals surface area contributed by atoms with Gasteiger partial charge in [-0.05, 0) is 16.8 Å². The molecule has 0 saturated carbocycles. The van der Waals surface area contributed by atoms with Crippen LogP contribution in [-0.2, 0) is 6.54 Å². The van der Waals surface area contributed by atoms with E-state index < -0.39 is 0 Å². The second kappa shape index (κ2) is 7.45. The number of nitrogens with zero attached hydrogens (tertiary/aromatic N) is 3. The van der Waals surface area contributed by atoms with Gasteiger partial charge in [-0.1, -0.05) is 48.5 Å². The van der Waals surface area contributed by atoms with Gasteiger partial charge in [0, 0.05) is 23.5 Å². The molecule has 0 amide bonds. The van der Waals surface area contributed by atoms with Gasteiger partial charge in [0.2, 0.25) is 0 Å². The van der Waals surface area contributed by atoms with Crippen LogP contribution in [0.25, 0.3) is 10.8 Å². The molecule has 2 heterocycles. The van der Waals surface area contributed by atoms with Crippen LogP contribution in [-0.4, -0.2) is 42.4 Å². The number of benzene rings is 2. The first kappa shape index (κ1) is 15.8. The zero-order valence-electron chi connectivity index (χ0n) is 14.3. The van der Waals surface area contributed by atoms with Crippen LogP contribution >= 0.6 is 0 Å². The largest absolute Gasteiger partial charge is 0.328 e. The third-order valence-electron chi connectivity index (χ3n) is 4.82. The highest BCUT2D eigenvalue weighted by atomic mass is 15.5. The van der Waals surface area contributed by atoms with Gasteiger partial charge in [0.15, 0.2) is 0 Å². The molecule has 0 unspecified atom stereocenters. The van der Waals surface area contributed by atoms with E-state index in [0.717, 1.165) is 38.3 Å². The number of quaternary nitrogens is 1. The van der Waals surface area contributed by atoms with Crippen molar-refractivity contribution in [3.05, 3.63) is 78.1 Å². The van der Waals surface area contributed by atoms with Gasteiger partial charge in [0.25, 0.3) is 0 Å². The molecule has 0 bridgehead atoms. The summed E-state index contributed by atoms with van der Waals surface area (Å²) >= 11 is 0. The van der Waals surface area contributed by atoms with Gasteiger partial charge in [-0.3, -0.25) is 9.99 Å². The van der Waals surface area contributed by atoms with Crippen LogP contribution in [0, 0.1) is 0 Å². The highest BCUT2D eigenvalue weighted by molar-refractivity contribution is 5.85. The summed E-state index contributed by atoms with van der Waals surface area (Å²) in [6.07, 6.45) is 5.53. The van der Waals surface area contributed by atoms with E-state index in [-0.39, 0.29) is 0 Å². The first-order valence-electron chi connectivity index (χ1n) is 8.88. The number of hydrogen-bond acceptors (Lipinski definition) is 3. The zero-order valence-corrected chi connectivity index (χ0v) is 14.3. The molecule has 126 valence electrons. The summed E-state index contributed by atoms with van der Waals surface area (Å²) in [6, 6.07) is 19.3. The van der Waals surface area contributed by atoms with Crippen LogP contribution in [0.1, 0.15) is 11.1 Å². The Balaban J connectivity index is 1.36. The van der Waals surface area contributed by atoms with Crippen molar-refractivity contribution in [1.29, 1.82) is 0 Å². The SMILES string of the molecule is C(=NN1CC[NH+](Cc2cccc3ccccc23)CC1)c1cccnc1. The molecular formula is C21H23N4+. The summed E-state index contributed by atoms with van der Waals surface area (Å²) < 4.78 is 0. The summed E-state index contributed by atoms with van der Waals surface area (Å²) in [7, 11) is 0. The van der Waals surface area contributed by atoms with E-state index in [4.69, 9.17) is 0 Å². The molecule has 0 spiro atoms. The lowest BCUT2D eigenvalue weighted by Gasteiger charge is -2.30. The maximum absolute atomic E-state index is 4.60. The lowest BCUT2D eigenvalue weighted by molar-refractivity contribution is -0.918. The molecule has 4 heteroatoms. The van der Waals surface area contributed by atoms with E-state index >= 15 is 0 Å². The predicted octanol–water partition coefficient (Wildman–Crippen LogP) is 1.97. The Morgan fingerprint density at radius 1 is 1.00 bits per heavy atom. The summed E-state index contributed by atoms with van der Waals surface area (Å²) in [5.74, 6) is 0. The maximum atomic E-state index is 4.60. The Morgan fingerprint density at radius 2 is 1.84 bits per heavy atom. The molecule has 1 aromatic heterocycles. The molecule has 2 aromatic carbocycles. The van der Waals surface area contributed by atoms with Crippen LogP contribution < -0.4 is 4.90 Å². The number of pyridine rings is 1. The molecule has 4 rings (SSSR count). The first-order chi connectivity index (χ1) is 12.4. The Kier molecular flexibility index (Phi) is 4.70. The minimum Gasteiger partial charge on any atom is -0.328 e. The van der Waals surface area contributed by atoms with Crippen molar-refractivity contribution in [3.8, 4) is 0 Å². The van der Waals surface area contributed by atoms with Gasteiger partial charge >= 0.3 is 0 Å². The smallest absolute Gasteiger partial charge is 0.104 e. The number of rotatable bonds is 4. The third-order valence-corrected chi connectivity index (χ3v) is 4.82. The molecule has 1 saturated heterocycles. The second-order valence-corrected chi connectivity index (χ2v) is 6.55. The molecule has 0 aliphatic carbocycles. The second-order valence-electron chi connectivity index (χ2n) is 6.55. The van der Waals surface area contributed by atoms with Crippen molar-refractivity contribution in [2.45, 2.75) is 6.54 Å². The lowest BCUT2D eigenvalue weighted by atomic mass is 10.0. The lowest BCUT2D eigenvalue weighted by Crippen LogP contribution is -3.13. The summed E-state index contributed by atoms with van der Waals surface area (Å²) in [5, 5.41) is 9.48. The van der Waals surface area contributed by atoms with Crippen molar-refractivity contribution in [2.24, 2.45) is 5.10 Å². The highest BCUT2D eigenvalue weighted by Crippen LogP contribution is 2.17. The molecule has 1 N–H and O–H groups in total. The minimum absolute atomic E-state index is 0.997. The summed E-state index contributed by atoms with van der Waals surface area (Å²) in [5.41, 5.74) is 2.49. The maximum Gasteiger partial charge on any atom is 0.104 e. The van der Waals surface area contributed by atoms with E-state index in [9.17, 15) is 0 Å². The number of hydrazone groups is 1. The van der Waals surface area contributed by atoms with Crippen LogP contribution in [0.4, 0.5) is 0 Å². The number of fused-ring (bicyclic) bond motifs is 1. The topological polar surface area (TPSA) is 32.9 Å². The minimum atomic E-state index is 0.997. The number of piperazine rings is 1. The van der Waals surface area contributed by atoms with Crippen molar-refractivity contribution in [3.63, 3.8) is 0 Å². The molecule has 3 aromatic rings. The molecule has 0 radical (unpaired) electrons. The predicted molar refractivity (Wildman–Crippen MR) is 102 cm³/mol. The summed E-state index contributed by atoms with van der Waals surface area (Å²) in [4.78, 5) is 5.75. The van der Waals surface area contributed by atoms with E-state index in [1.54, 1.807) is 11.1 Å². The standard InChI is InChI=1S/C21H22N4/c1-2-9-21-19(6-1)7-3-8-20(21)17-24-11-13-25(14-12-24)23-16-18-5-4-10-22-15-18/h1-10,15-16H,11-14,17H2/p+1. The first-order valence-corrected chi connectivity index (χ1v) is 8.88. The molecular weight excluding hydrogens is 308 g/mol. The normalized spacial score (nSPS) is 15.9. The fourth-order valence-corrected chi connectivity index (χ4v) is 3.42. The molecule has 1 aliphatic rings. The van der Waals surface area contributed by atoms with Crippen LogP contribution in [0.2, 0.25) is 0 Å². The van der Waals surface area contributed by atoms with E-state index in [1.165, 1.54) is 16.3 Å². The third kappa shape index (κ3) is 3.86. The Hall–Kier alpha value is -2.72. The van der Waals surface area contributed by atoms with E-state index in [0.29, 0.717) is 0 Å². The van der Waals surface area contributed by atoms with Crippen LogP contribution in [0.15, 0.2) is 72.1 Å². The number of hydrogen-bond donors (Lipinski definition) is 1. The van der Waals surface area contributed by atoms with Gasteiger partial charge in [0.1, 0.15) is 6.54 Å².